The van der Waals surface area contributed by atoms with Crippen LogP contribution in [0.1, 0.15) is 26.3 Å². The third kappa shape index (κ3) is 7.41. The van der Waals surface area contributed by atoms with Gasteiger partial charge in [-0.1, -0.05) is 30.3 Å². The first-order chi connectivity index (χ1) is 20.9. The van der Waals surface area contributed by atoms with Crippen molar-refractivity contribution in [3.63, 3.8) is 0 Å². The van der Waals surface area contributed by atoms with E-state index in [-0.39, 0.29) is 35.0 Å². The Morgan fingerprint density at radius 1 is 0.932 bits per heavy atom. The SMILES string of the molecule is CC(C)(C)OC(=O)Nc1ccc(-c2cc3ncnc(OCC(F)(F)F)c3n2-c2ccc(OCc3ccccc3)c(F)c2)nc1. The summed E-state index contributed by atoms with van der Waals surface area (Å²) < 4.78 is 71.9. The number of pyridine rings is 1. The van der Waals surface area contributed by atoms with Gasteiger partial charge in [0.15, 0.2) is 18.2 Å². The van der Waals surface area contributed by atoms with Crippen LogP contribution in [0.3, 0.4) is 0 Å². The lowest BCUT2D eigenvalue weighted by molar-refractivity contribution is -0.153. The number of nitrogens with one attached hydrogen (secondary N) is 1. The monoisotopic (exact) mass is 609 g/mol. The number of fused-ring (bicyclic) bond motifs is 1. The van der Waals surface area contributed by atoms with E-state index >= 15 is 4.39 Å². The van der Waals surface area contributed by atoms with Gasteiger partial charge in [0.25, 0.3) is 0 Å². The third-order valence-electron chi connectivity index (χ3n) is 6.01. The molecule has 9 nitrogen and oxygen atoms in total. The maximum Gasteiger partial charge on any atom is 0.422 e. The highest BCUT2D eigenvalue weighted by Crippen LogP contribution is 2.36. The largest absolute Gasteiger partial charge is 0.486 e. The van der Waals surface area contributed by atoms with E-state index in [4.69, 9.17) is 14.2 Å². The van der Waals surface area contributed by atoms with E-state index in [1.54, 1.807) is 45.0 Å². The fourth-order valence-electron chi connectivity index (χ4n) is 4.24. The molecular weight excluding hydrogens is 582 g/mol. The third-order valence-corrected chi connectivity index (χ3v) is 6.01. The second-order valence-electron chi connectivity index (χ2n) is 10.6. The van der Waals surface area contributed by atoms with Gasteiger partial charge in [0.05, 0.1) is 28.8 Å². The Kier molecular flexibility index (Phi) is 8.39. The Morgan fingerprint density at radius 3 is 2.36 bits per heavy atom. The van der Waals surface area contributed by atoms with E-state index < -0.39 is 30.3 Å². The second-order valence-corrected chi connectivity index (χ2v) is 10.6. The number of nitrogens with zero attached hydrogens (tertiary/aromatic N) is 4. The molecule has 0 saturated heterocycles. The van der Waals surface area contributed by atoms with Crippen molar-refractivity contribution in [2.75, 3.05) is 11.9 Å². The Balaban J connectivity index is 1.54. The molecule has 0 fully saturated rings. The number of carbonyl (C=O) groups excluding carboxylic acids is 1. The van der Waals surface area contributed by atoms with Crippen LogP contribution in [0.4, 0.5) is 28.0 Å². The molecule has 0 atom stereocenters. The maximum atomic E-state index is 15.4. The predicted molar refractivity (Wildman–Crippen MR) is 154 cm³/mol. The van der Waals surface area contributed by atoms with E-state index in [0.29, 0.717) is 17.1 Å². The number of carbonyl (C=O) groups is 1. The van der Waals surface area contributed by atoms with Crippen molar-refractivity contribution in [2.24, 2.45) is 0 Å². The minimum absolute atomic E-state index is 0.0175. The normalized spacial score (nSPS) is 11.8. The van der Waals surface area contributed by atoms with Crippen LogP contribution in [0, 0.1) is 5.82 Å². The van der Waals surface area contributed by atoms with Gasteiger partial charge in [0.1, 0.15) is 24.1 Å². The van der Waals surface area contributed by atoms with Crippen LogP contribution < -0.4 is 14.8 Å². The number of hydrogen-bond donors (Lipinski definition) is 1. The average Bonchev–Trinajstić information content (AvgIpc) is 3.35. The van der Waals surface area contributed by atoms with Gasteiger partial charge in [-0.15, -0.1) is 0 Å². The zero-order valence-electron chi connectivity index (χ0n) is 23.9. The highest BCUT2D eigenvalue weighted by molar-refractivity contribution is 5.89. The van der Waals surface area contributed by atoms with Gasteiger partial charge in [-0.2, -0.15) is 18.2 Å². The molecule has 44 heavy (non-hydrogen) atoms. The Morgan fingerprint density at radius 2 is 1.70 bits per heavy atom. The topological polar surface area (TPSA) is 100 Å². The molecule has 0 saturated carbocycles. The summed E-state index contributed by atoms with van der Waals surface area (Å²) in [6.45, 7) is 3.72. The number of amides is 1. The van der Waals surface area contributed by atoms with Crippen LogP contribution >= 0.6 is 0 Å². The molecule has 0 spiro atoms. The van der Waals surface area contributed by atoms with Crippen molar-refractivity contribution in [1.29, 1.82) is 0 Å². The molecule has 13 heteroatoms. The first kappa shape index (κ1) is 30.3. The molecule has 1 N–H and O–H groups in total. The molecule has 5 aromatic rings. The molecule has 0 aliphatic carbocycles. The highest BCUT2D eigenvalue weighted by Gasteiger charge is 2.30. The van der Waals surface area contributed by atoms with E-state index in [1.807, 2.05) is 30.3 Å². The molecule has 3 aromatic heterocycles. The summed E-state index contributed by atoms with van der Waals surface area (Å²) in [6.07, 6.45) is -2.84. The lowest BCUT2D eigenvalue weighted by Gasteiger charge is -2.19. The number of anilines is 1. The standard InChI is InChI=1S/C31H27F4N5O4/c1-30(2,3)44-29(41)39-20-9-11-23(36-15-20)25-14-24-27(28(38-18-37-24)43-17-31(33,34)35)40(25)21-10-12-26(22(32)13-21)42-16-19-7-5-4-6-8-19/h4-15,18H,16-17H2,1-3H3,(H,39,41). The van der Waals surface area contributed by atoms with Crippen LogP contribution in [0.25, 0.3) is 28.1 Å². The Hall–Kier alpha value is -5.20. The van der Waals surface area contributed by atoms with Crippen LogP contribution in [-0.4, -0.2) is 44.0 Å². The molecule has 5 rings (SSSR count). The Labute approximate surface area is 249 Å². The molecule has 0 unspecified atom stereocenters. The highest BCUT2D eigenvalue weighted by atomic mass is 19.4. The van der Waals surface area contributed by atoms with Crippen molar-refractivity contribution < 1.29 is 36.6 Å². The summed E-state index contributed by atoms with van der Waals surface area (Å²) in [5, 5.41) is 2.58. The van der Waals surface area contributed by atoms with Crippen LogP contribution in [0.2, 0.25) is 0 Å². The zero-order chi connectivity index (χ0) is 31.5. The van der Waals surface area contributed by atoms with Gasteiger partial charge in [-0.25, -0.2) is 14.2 Å². The number of aromatic nitrogens is 4. The lowest BCUT2D eigenvalue weighted by atomic mass is 10.2. The minimum atomic E-state index is -4.63. The molecular formula is C31H27F4N5O4. The molecule has 0 aliphatic heterocycles. The quantitative estimate of drug-likeness (QED) is 0.182. The number of alkyl halides is 3. The molecule has 3 heterocycles. The predicted octanol–water partition coefficient (Wildman–Crippen LogP) is 7.49. The van der Waals surface area contributed by atoms with Crippen molar-refractivity contribution in [3.05, 3.63) is 90.6 Å². The van der Waals surface area contributed by atoms with Gasteiger partial charge in [0, 0.05) is 11.8 Å². The van der Waals surface area contributed by atoms with E-state index in [2.05, 4.69) is 20.3 Å². The number of hydrogen-bond acceptors (Lipinski definition) is 7. The number of benzene rings is 2. The van der Waals surface area contributed by atoms with Crippen molar-refractivity contribution in [1.82, 2.24) is 19.5 Å². The van der Waals surface area contributed by atoms with E-state index in [1.165, 1.54) is 22.9 Å². The second kappa shape index (κ2) is 12.2. The molecule has 1 amide bonds. The summed E-state index contributed by atoms with van der Waals surface area (Å²) in [4.78, 5) is 24.7. The van der Waals surface area contributed by atoms with Crippen molar-refractivity contribution in [2.45, 2.75) is 39.2 Å². The van der Waals surface area contributed by atoms with E-state index in [0.717, 1.165) is 11.9 Å². The summed E-state index contributed by atoms with van der Waals surface area (Å²) in [6, 6.07) is 18.1. The fourth-order valence-corrected chi connectivity index (χ4v) is 4.24. The number of halogens is 4. The smallest absolute Gasteiger partial charge is 0.422 e. The van der Waals surface area contributed by atoms with Crippen molar-refractivity contribution in [3.8, 4) is 28.7 Å². The Bertz CT molecular complexity index is 1770. The minimum Gasteiger partial charge on any atom is -0.486 e. The number of rotatable bonds is 8. The first-order valence-corrected chi connectivity index (χ1v) is 13.4. The number of ether oxygens (including phenoxy) is 3. The van der Waals surface area contributed by atoms with Gasteiger partial charge in [-0.3, -0.25) is 10.3 Å². The summed E-state index contributed by atoms with van der Waals surface area (Å²) in [5.41, 5.74) is 1.69. The fraction of sp³-hybridized carbons (Fsp3) is 0.226. The molecule has 2 aromatic carbocycles. The molecule has 0 radical (unpaired) electrons. The first-order valence-electron chi connectivity index (χ1n) is 13.4. The van der Waals surface area contributed by atoms with Crippen LogP contribution in [0.15, 0.2) is 79.3 Å². The summed E-state index contributed by atoms with van der Waals surface area (Å²) in [7, 11) is 0. The van der Waals surface area contributed by atoms with Crippen LogP contribution in [0.5, 0.6) is 11.6 Å². The van der Waals surface area contributed by atoms with Gasteiger partial charge in [0.2, 0.25) is 5.88 Å². The maximum absolute atomic E-state index is 15.4. The summed E-state index contributed by atoms with van der Waals surface area (Å²) in [5.74, 6) is -1.08. The molecule has 0 aliphatic rings. The lowest BCUT2D eigenvalue weighted by Crippen LogP contribution is -2.27. The zero-order valence-corrected chi connectivity index (χ0v) is 23.9. The average molecular weight is 610 g/mol. The van der Waals surface area contributed by atoms with Crippen LogP contribution in [-0.2, 0) is 11.3 Å². The van der Waals surface area contributed by atoms with E-state index in [9.17, 15) is 18.0 Å². The van der Waals surface area contributed by atoms with Crippen molar-refractivity contribution >= 4 is 22.8 Å². The van der Waals surface area contributed by atoms with Gasteiger partial charge < -0.3 is 18.8 Å². The van der Waals surface area contributed by atoms with Gasteiger partial charge >= 0.3 is 12.3 Å². The molecule has 0 bridgehead atoms. The van der Waals surface area contributed by atoms with Gasteiger partial charge in [-0.05, 0) is 56.7 Å². The summed E-state index contributed by atoms with van der Waals surface area (Å²) >= 11 is 0. The molecule has 228 valence electrons.